The van der Waals surface area contributed by atoms with E-state index in [1.807, 2.05) is 37.1 Å². The molecule has 0 bridgehead atoms. The summed E-state index contributed by atoms with van der Waals surface area (Å²) in [6.45, 7) is 11.4. The minimum atomic E-state index is -0.0139. The number of carbonyl (C=O) groups is 3. The summed E-state index contributed by atoms with van der Waals surface area (Å²) in [4.78, 5) is 32.8. The first-order valence-electron chi connectivity index (χ1n) is 10.3. The average Bonchev–Trinajstić information content (AvgIpc) is 3.52. The number of Topliss-reactive ketones (excluding diaryl/α,β-unsaturated/α-hetero) is 3. The Morgan fingerprint density at radius 3 is 0.724 bits per heavy atom. The third kappa shape index (κ3) is 5.96. The Hall–Kier alpha value is -1.11. The molecule has 3 saturated carbocycles. The van der Waals surface area contributed by atoms with Crippen LogP contribution in [0.1, 0.15) is 75.7 Å². The van der Waals surface area contributed by atoms with Gasteiger partial charge in [0, 0.05) is 57.8 Å². The molecule has 3 aliphatic rings. The molecule has 0 spiro atoms. The van der Waals surface area contributed by atoms with E-state index in [0.29, 0.717) is 35.1 Å². The molecule has 6 nitrogen and oxygen atoms in total. The average molecular weight is 417 g/mol. The van der Waals surface area contributed by atoms with Gasteiger partial charge in [-0.1, -0.05) is 35.6 Å². The Labute approximate surface area is 179 Å². The fourth-order valence-corrected chi connectivity index (χ4v) is 4.63. The number of ketones is 3. The van der Waals surface area contributed by atoms with Crippen molar-refractivity contribution in [3.8, 4) is 0 Å². The lowest BCUT2D eigenvalue weighted by Gasteiger charge is -2.05. The van der Waals surface area contributed by atoms with Crippen molar-refractivity contribution in [2.24, 2.45) is 17.8 Å². The van der Waals surface area contributed by atoms with Crippen molar-refractivity contribution >= 4 is 17.3 Å². The lowest BCUT2D eigenvalue weighted by Crippen LogP contribution is -2.91. The number of hydrogen-bond donors (Lipinski definition) is 3. The zero-order chi connectivity index (χ0) is 21.2. The number of nitrogens with two attached hydrogens (primary N) is 3. The normalized spacial score (nSPS) is 37.8. The van der Waals surface area contributed by atoms with Crippen molar-refractivity contribution in [2.45, 2.75) is 92.3 Å². The van der Waals surface area contributed by atoms with Gasteiger partial charge in [0.05, 0.1) is 21.1 Å². The molecule has 3 unspecified atom stereocenters. The summed E-state index contributed by atoms with van der Waals surface area (Å²) in [5, 5.41) is 6.12. The molecule has 0 radical (unpaired) electrons. The molecule has 3 fully saturated rings. The Kier molecular flexibility index (Phi) is 11.2. The highest BCUT2D eigenvalue weighted by Crippen LogP contribution is 2.40. The quantitative estimate of drug-likeness (QED) is 0.564. The summed E-state index contributed by atoms with van der Waals surface area (Å²) < 4.78 is 0. The van der Waals surface area contributed by atoms with E-state index in [1.54, 1.807) is 20.8 Å². The smallest absolute Gasteiger partial charge is 0.190 e. The van der Waals surface area contributed by atoms with Crippen molar-refractivity contribution < 1.29 is 30.3 Å². The van der Waals surface area contributed by atoms with Crippen LogP contribution < -0.4 is 16.0 Å². The number of likely N-dealkylation sites (N-methyl/N-ethyl adjacent to an activating group) is 3. The number of quaternary nitrogens is 3. The standard InChI is InChI=1S/3C7H13NO.2CH4/c3*1-5-4-7(5,8-3)6(2)9;;/h3*5,8H,4H2,1-3H3;2*1H4/p+3/t3*5?,7-;;/m111../s1. The van der Waals surface area contributed by atoms with Crippen molar-refractivity contribution in [2.75, 3.05) is 21.1 Å². The molecule has 0 aromatic rings. The third-order valence-electron chi connectivity index (χ3n) is 7.60. The van der Waals surface area contributed by atoms with Crippen LogP contribution in [-0.2, 0) is 14.4 Å². The lowest BCUT2D eigenvalue weighted by molar-refractivity contribution is -0.666. The second-order valence-corrected chi connectivity index (χ2v) is 8.97. The maximum Gasteiger partial charge on any atom is 0.190 e. The van der Waals surface area contributed by atoms with Crippen molar-refractivity contribution in [1.29, 1.82) is 0 Å². The van der Waals surface area contributed by atoms with Crippen LogP contribution in [0.15, 0.2) is 0 Å². The highest BCUT2D eigenvalue weighted by molar-refractivity contribution is 5.88. The second kappa shape index (κ2) is 10.8. The largest absolute Gasteiger partial charge is 0.337 e. The van der Waals surface area contributed by atoms with Crippen LogP contribution in [0.4, 0.5) is 0 Å². The van der Waals surface area contributed by atoms with E-state index in [0.717, 1.165) is 19.3 Å². The van der Waals surface area contributed by atoms with Gasteiger partial charge < -0.3 is 16.0 Å². The lowest BCUT2D eigenvalue weighted by atomic mass is 10.1. The predicted molar refractivity (Wildman–Crippen MR) is 119 cm³/mol. The summed E-state index contributed by atoms with van der Waals surface area (Å²) in [7, 11) is 5.93. The van der Waals surface area contributed by atoms with Gasteiger partial charge in [-0.15, -0.1) is 0 Å². The van der Waals surface area contributed by atoms with Crippen LogP contribution in [0.5, 0.6) is 0 Å². The molecule has 0 aliphatic heterocycles. The summed E-state index contributed by atoms with van der Waals surface area (Å²) in [5.74, 6) is 2.78. The number of hydrogen-bond acceptors (Lipinski definition) is 3. The molecular weight excluding hydrogens is 366 g/mol. The molecule has 0 saturated heterocycles. The Balaban J connectivity index is 0. The second-order valence-electron chi connectivity index (χ2n) is 8.97. The van der Waals surface area contributed by atoms with Crippen LogP contribution in [0.25, 0.3) is 0 Å². The molecule has 0 amide bonds. The van der Waals surface area contributed by atoms with Gasteiger partial charge in [-0.05, 0) is 0 Å². The van der Waals surface area contributed by atoms with Gasteiger partial charge in [-0.3, -0.25) is 14.4 Å². The first kappa shape index (κ1) is 30.1. The van der Waals surface area contributed by atoms with Crippen molar-refractivity contribution in [3.63, 3.8) is 0 Å². The summed E-state index contributed by atoms with van der Waals surface area (Å²) in [6, 6.07) is 0. The van der Waals surface area contributed by atoms with E-state index < -0.39 is 0 Å². The predicted octanol–water partition coefficient (Wildman–Crippen LogP) is -0.0862. The maximum atomic E-state index is 10.9. The summed E-state index contributed by atoms with van der Waals surface area (Å²) in [5.41, 5.74) is -0.0417. The van der Waals surface area contributed by atoms with Crippen molar-refractivity contribution in [3.05, 3.63) is 0 Å². The Morgan fingerprint density at radius 2 is 0.724 bits per heavy atom. The first-order chi connectivity index (χ1) is 12.4. The zero-order valence-electron chi connectivity index (χ0n) is 18.8. The van der Waals surface area contributed by atoms with Gasteiger partial charge in [0.15, 0.2) is 34.0 Å². The van der Waals surface area contributed by atoms with Crippen LogP contribution >= 0.6 is 0 Å². The van der Waals surface area contributed by atoms with E-state index in [4.69, 9.17) is 0 Å². The Morgan fingerprint density at radius 1 is 0.586 bits per heavy atom. The van der Waals surface area contributed by atoms with Crippen LogP contribution in [0.2, 0.25) is 0 Å². The highest BCUT2D eigenvalue weighted by atomic mass is 16.1. The van der Waals surface area contributed by atoms with Gasteiger partial charge >= 0.3 is 0 Å². The molecule has 0 aromatic heterocycles. The summed E-state index contributed by atoms with van der Waals surface area (Å²) >= 11 is 0. The van der Waals surface area contributed by atoms with Crippen LogP contribution in [-0.4, -0.2) is 55.1 Å². The minimum absolute atomic E-state index is 0. The molecule has 29 heavy (non-hydrogen) atoms. The van der Waals surface area contributed by atoms with E-state index in [1.165, 1.54) is 0 Å². The molecule has 6 heteroatoms. The number of rotatable bonds is 6. The van der Waals surface area contributed by atoms with Crippen LogP contribution in [0, 0.1) is 17.8 Å². The molecule has 3 aliphatic carbocycles. The van der Waals surface area contributed by atoms with Gasteiger partial charge in [0.1, 0.15) is 0 Å². The maximum absolute atomic E-state index is 10.9. The Bertz CT molecular complexity index is 501. The fraction of sp³-hybridized carbons (Fsp3) is 0.870. The fourth-order valence-electron chi connectivity index (χ4n) is 4.63. The first-order valence-corrected chi connectivity index (χ1v) is 10.3. The molecule has 0 heterocycles. The minimum Gasteiger partial charge on any atom is -0.337 e. The van der Waals surface area contributed by atoms with Gasteiger partial charge in [-0.2, -0.15) is 0 Å². The molecule has 6 atom stereocenters. The molecule has 172 valence electrons. The van der Waals surface area contributed by atoms with Gasteiger partial charge in [0.25, 0.3) is 0 Å². The van der Waals surface area contributed by atoms with Crippen molar-refractivity contribution in [1.82, 2.24) is 0 Å². The molecular formula is C23H50N3O3+3. The molecule has 3 rings (SSSR count). The van der Waals surface area contributed by atoms with Gasteiger partial charge in [-0.25, -0.2) is 0 Å². The highest BCUT2D eigenvalue weighted by Gasteiger charge is 2.59. The molecule has 6 N–H and O–H groups in total. The summed E-state index contributed by atoms with van der Waals surface area (Å²) in [6.07, 6.45) is 3.20. The van der Waals surface area contributed by atoms with E-state index in [9.17, 15) is 14.4 Å². The number of carbonyl (C=O) groups excluding carboxylic acids is 3. The van der Waals surface area contributed by atoms with E-state index >= 15 is 0 Å². The monoisotopic (exact) mass is 416 g/mol. The molecule has 0 aromatic carbocycles. The van der Waals surface area contributed by atoms with Crippen LogP contribution in [0.3, 0.4) is 0 Å². The SMILES string of the molecule is C.C.C[NH2+][C@]1(C(C)=O)CC1C.C[NH2+][C@]1(C(C)=O)CC1C.C[NH2+][C@]1(C(C)=O)CC1C. The van der Waals surface area contributed by atoms with E-state index in [2.05, 4.69) is 20.8 Å². The van der Waals surface area contributed by atoms with E-state index in [-0.39, 0.29) is 31.5 Å². The van der Waals surface area contributed by atoms with Gasteiger partial charge in [0.2, 0.25) is 0 Å². The zero-order valence-corrected chi connectivity index (χ0v) is 18.8. The third-order valence-corrected chi connectivity index (χ3v) is 7.60. The topological polar surface area (TPSA) is 101 Å².